The van der Waals surface area contributed by atoms with Gasteiger partial charge in [-0.2, -0.15) is 13.2 Å². The number of nitrogens with zero attached hydrogens (tertiary/aromatic N) is 1. The van der Waals surface area contributed by atoms with Crippen LogP contribution in [-0.2, 0) is 6.18 Å². The van der Waals surface area contributed by atoms with Gasteiger partial charge in [0.25, 0.3) is 0 Å². The van der Waals surface area contributed by atoms with Crippen LogP contribution < -0.4 is 10.6 Å². The number of rotatable bonds is 6. The largest absolute Gasteiger partial charge is 0.416 e. The van der Waals surface area contributed by atoms with Crippen molar-refractivity contribution in [1.82, 2.24) is 10.6 Å². The average molecular weight is 385 g/mol. The fourth-order valence-electron chi connectivity index (χ4n) is 3.29. The summed E-state index contributed by atoms with van der Waals surface area (Å²) in [6.07, 6.45) is -0.438. The third-order valence-electron chi connectivity index (χ3n) is 5.00. The van der Waals surface area contributed by atoms with Gasteiger partial charge in [-0.1, -0.05) is 25.1 Å². The Morgan fingerprint density at radius 2 is 1.96 bits per heavy atom. The van der Waals surface area contributed by atoms with E-state index < -0.39 is 11.7 Å². The van der Waals surface area contributed by atoms with Crippen LogP contribution in [0.5, 0.6) is 0 Å². The van der Waals surface area contributed by atoms with Crippen molar-refractivity contribution in [2.45, 2.75) is 70.2 Å². The summed E-state index contributed by atoms with van der Waals surface area (Å²) in [7, 11) is 0. The first-order chi connectivity index (χ1) is 12.8. The van der Waals surface area contributed by atoms with Crippen molar-refractivity contribution >= 4 is 5.96 Å². The van der Waals surface area contributed by atoms with E-state index in [0.29, 0.717) is 24.6 Å². The number of benzene rings is 1. The molecule has 1 unspecified atom stereocenters. The highest BCUT2D eigenvalue weighted by molar-refractivity contribution is 5.80. The molecular formula is C20H30F3N3O. The number of aliphatic hydroxyl groups excluding tert-OH is 1. The van der Waals surface area contributed by atoms with Crippen LogP contribution in [0.2, 0.25) is 0 Å². The van der Waals surface area contributed by atoms with Crippen molar-refractivity contribution in [3.63, 3.8) is 0 Å². The summed E-state index contributed by atoms with van der Waals surface area (Å²) in [4.78, 5) is 4.57. The van der Waals surface area contributed by atoms with Crippen LogP contribution in [0.3, 0.4) is 0 Å². The maximum Gasteiger partial charge on any atom is 0.416 e. The maximum atomic E-state index is 12.9. The van der Waals surface area contributed by atoms with Crippen LogP contribution in [0.4, 0.5) is 13.2 Å². The highest BCUT2D eigenvalue weighted by atomic mass is 19.4. The van der Waals surface area contributed by atoms with E-state index in [4.69, 9.17) is 0 Å². The molecule has 1 fully saturated rings. The molecule has 0 aliphatic heterocycles. The van der Waals surface area contributed by atoms with E-state index in [2.05, 4.69) is 15.6 Å². The molecule has 1 saturated carbocycles. The number of guanidine groups is 1. The normalized spacial score (nSPS) is 22.4. The molecule has 1 aromatic rings. The maximum absolute atomic E-state index is 12.9. The first kappa shape index (κ1) is 21.5. The lowest BCUT2D eigenvalue weighted by Crippen LogP contribution is -2.45. The topological polar surface area (TPSA) is 56.7 Å². The Hall–Kier alpha value is -1.76. The van der Waals surface area contributed by atoms with E-state index in [1.165, 1.54) is 12.1 Å². The summed E-state index contributed by atoms with van der Waals surface area (Å²) in [5.74, 6) is 0.721. The van der Waals surface area contributed by atoms with Gasteiger partial charge in [-0.3, -0.25) is 4.99 Å². The number of alkyl halides is 3. The summed E-state index contributed by atoms with van der Waals surface area (Å²) in [5.41, 5.74) is 0.0732. The van der Waals surface area contributed by atoms with Gasteiger partial charge in [0.1, 0.15) is 0 Å². The van der Waals surface area contributed by atoms with Crippen LogP contribution >= 0.6 is 0 Å². The summed E-state index contributed by atoms with van der Waals surface area (Å²) in [6.45, 7) is 5.19. The smallest absolute Gasteiger partial charge is 0.393 e. The van der Waals surface area contributed by atoms with E-state index >= 15 is 0 Å². The highest BCUT2D eigenvalue weighted by Gasteiger charge is 2.30. The van der Waals surface area contributed by atoms with Gasteiger partial charge in [0.2, 0.25) is 0 Å². The van der Waals surface area contributed by atoms with Crippen LogP contribution in [0.25, 0.3) is 0 Å². The average Bonchev–Trinajstić information content (AvgIpc) is 2.63. The number of halogens is 3. The predicted molar refractivity (Wildman–Crippen MR) is 102 cm³/mol. The third kappa shape index (κ3) is 7.05. The molecule has 152 valence electrons. The Morgan fingerprint density at radius 3 is 2.59 bits per heavy atom. The van der Waals surface area contributed by atoms with Crippen molar-refractivity contribution in [3.05, 3.63) is 35.4 Å². The first-order valence-corrected chi connectivity index (χ1v) is 9.69. The molecule has 1 aliphatic rings. The Morgan fingerprint density at radius 1 is 1.26 bits per heavy atom. The van der Waals surface area contributed by atoms with Gasteiger partial charge in [-0.25, -0.2) is 0 Å². The second-order valence-electron chi connectivity index (χ2n) is 7.22. The minimum Gasteiger partial charge on any atom is -0.393 e. The minimum absolute atomic E-state index is 0.0104. The van der Waals surface area contributed by atoms with Crippen LogP contribution in [0.1, 0.15) is 63.0 Å². The van der Waals surface area contributed by atoms with Gasteiger partial charge < -0.3 is 15.7 Å². The molecule has 0 heterocycles. The lowest BCUT2D eigenvalue weighted by atomic mass is 9.93. The predicted octanol–water partition coefficient (Wildman–Crippen LogP) is 4.06. The summed E-state index contributed by atoms with van der Waals surface area (Å²) in [6, 6.07) is 5.82. The molecule has 0 amide bonds. The first-order valence-electron chi connectivity index (χ1n) is 9.69. The number of nitrogens with one attached hydrogen (secondary N) is 2. The molecule has 27 heavy (non-hydrogen) atoms. The molecule has 1 aliphatic carbocycles. The number of aliphatic hydroxyl groups is 1. The van der Waals surface area contributed by atoms with Gasteiger partial charge in [-0.05, 0) is 56.6 Å². The molecule has 0 spiro atoms. The molecule has 1 atom stereocenters. The van der Waals surface area contributed by atoms with E-state index in [9.17, 15) is 18.3 Å². The Balaban J connectivity index is 1.90. The van der Waals surface area contributed by atoms with Crippen molar-refractivity contribution in [2.75, 3.05) is 13.1 Å². The van der Waals surface area contributed by atoms with Crippen molar-refractivity contribution in [1.29, 1.82) is 0 Å². The van der Waals surface area contributed by atoms with Crippen LogP contribution in [0, 0.1) is 0 Å². The second-order valence-corrected chi connectivity index (χ2v) is 7.22. The van der Waals surface area contributed by atoms with Crippen molar-refractivity contribution in [3.8, 4) is 0 Å². The van der Waals surface area contributed by atoms with E-state index in [1.54, 1.807) is 6.07 Å². The van der Waals surface area contributed by atoms with Gasteiger partial charge in [0.15, 0.2) is 5.96 Å². The van der Waals surface area contributed by atoms with Crippen LogP contribution in [-0.4, -0.2) is 36.3 Å². The fraction of sp³-hybridized carbons (Fsp3) is 0.650. The van der Waals surface area contributed by atoms with Gasteiger partial charge >= 0.3 is 6.18 Å². The molecule has 2 rings (SSSR count). The van der Waals surface area contributed by atoms with Gasteiger partial charge in [-0.15, -0.1) is 0 Å². The fourth-order valence-corrected chi connectivity index (χ4v) is 3.29. The zero-order valence-corrected chi connectivity index (χ0v) is 16.0. The Bertz CT molecular complexity index is 611. The second kappa shape index (κ2) is 9.97. The van der Waals surface area contributed by atoms with Gasteiger partial charge in [0, 0.05) is 19.1 Å². The summed E-state index contributed by atoms with van der Waals surface area (Å²) >= 11 is 0. The van der Waals surface area contributed by atoms with Crippen molar-refractivity contribution < 1.29 is 18.3 Å². The Kier molecular flexibility index (Phi) is 7.95. The summed E-state index contributed by atoms with van der Waals surface area (Å²) < 4.78 is 38.6. The Labute approximate surface area is 159 Å². The highest BCUT2D eigenvalue weighted by Crippen LogP contribution is 2.31. The zero-order chi connectivity index (χ0) is 19.9. The standard InChI is InChI=1S/C20H30F3N3O/c1-3-24-19(26-17-7-9-18(27)10-8-17)25-12-11-14(2)15-5-4-6-16(13-15)20(21,22)23/h4-6,13-14,17-18,27H,3,7-12H2,1-2H3,(H2,24,25,26). The van der Waals surface area contributed by atoms with E-state index in [1.807, 2.05) is 13.8 Å². The molecule has 7 heteroatoms. The molecule has 1 aromatic carbocycles. The molecule has 0 bridgehead atoms. The van der Waals surface area contributed by atoms with E-state index in [0.717, 1.165) is 44.3 Å². The molecule has 3 N–H and O–H groups in total. The molecule has 4 nitrogen and oxygen atoms in total. The summed E-state index contributed by atoms with van der Waals surface area (Å²) in [5, 5.41) is 16.2. The lowest BCUT2D eigenvalue weighted by molar-refractivity contribution is -0.137. The van der Waals surface area contributed by atoms with Crippen LogP contribution in [0.15, 0.2) is 29.3 Å². The number of hydrogen-bond donors (Lipinski definition) is 3. The SMILES string of the molecule is CCNC(=NCCC(C)c1cccc(C(F)(F)F)c1)NC1CCC(O)CC1. The lowest BCUT2D eigenvalue weighted by Gasteiger charge is -2.27. The number of aliphatic imine (C=N–C) groups is 1. The molecule has 0 radical (unpaired) electrons. The van der Waals surface area contributed by atoms with Crippen molar-refractivity contribution in [2.24, 2.45) is 4.99 Å². The van der Waals surface area contributed by atoms with E-state index in [-0.39, 0.29) is 12.0 Å². The van der Waals surface area contributed by atoms with Gasteiger partial charge in [0.05, 0.1) is 11.7 Å². The minimum atomic E-state index is -4.32. The quantitative estimate of drug-likeness (QED) is 0.511. The molecule has 0 aromatic heterocycles. The number of hydrogen-bond acceptors (Lipinski definition) is 2. The molecule has 0 saturated heterocycles. The monoisotopic (exact) mass is 385 g/mol. The zero-order valence-electron chi connectivity index (χ0n) is 16.0. The molecular weight excluding hydrogens is 355 g/mol. The third-order valence-corrected chi connectivity index (χ3v) is 5.00.